The second-order valence-electron chi connectivity index (χ2n) is 5.20. The van der Waals surface area contributed by atoms with Crippen molar-refractivity contribution in [1.82, 2.24) is 9.78 Å². The first kappa shape index (κ1) is 10.7. The Labute approximate surface area is 109 Å². The molecular weight excluding hydrogens is 245 g/mol. The smallest absolute Gasteiger partial charge is 0.243 e. The van der Waals surface area contributed by atoms with Crippen molar-refractivity contribution >= 4 is 17.4 Å². The van der Waals surface area contributed by atoms with Gasteiger partial charge < -0.3 is 0 Å². The third-order valence-electron chi connectivity index (χ3n) is 4.10. The monoisotopic (exact) mass is 257 g/mol. The van der Waals surface area contributed by atoms with Crippen LogP contribution in [0.15, 0.2) is 30.5 Å². The molecule has 2 aliphatic rings. The molecule has 0 bridgehead atoms. The van der Waals surface area contributed by atoms with Gasteiger partial charge in [0.2, 0.25) is 5.91 Å². The molecule has 1 spiro atoms. The number of amides is 1. The van der Waals surface area contributed by atoms with Crippen molar-refractivity contribution in [1.29, 1.82) is 0 Å². The number of anilines is 2. The van der Waals surface area contributed by atoms with Gasteiger partial charge in [0.1, 0.15) is 11.6 Å². The standard InChI is InChI=1S/C14H12FN3O/c1-17-12(4-7-16-17)18-11-3-2-9(15)8-10(11)14(5-6-14)13(18)19/h2-4,7-8H,5-6H2,1H3. The van der Waals surface area contributed by atoms with E-state index in [1.165, 1.54) is 12.1 Å². The third kappa shape index (κ3) is 1.22. The van der Waals surface area contributed by atoms with Gasteiger partial charge in [0.15, 0.2) is 0 Å². The molecule has 0 saturated heterocycles. The minimum Gasteiger partial charge on any atom is -0.273 e. The van der Waals surface area contributed by atoms with Crippen LogP contribution in [-0.2, 0) is 17.3 Å². The van der Waals surface area contributed by atoms with Crippen LogP contribution in [0.2, 0.25) is 0 Å². The lowest BCUT2D eigenvalue weighted by molar-refractivity contribution is -0.119. The van der Waals surface area contributed by atoms with Crippen molar-refractivity contribution < 1.29 is 9.18 Å². The number of hydrogen-bond donors (Lipinski definition) is 0. The van der Waals surface area contributed by atoms with Crippen molar-refractivity contribution in [2.24, 2.45) is 7.05 Å². The lowest BCUT2D eigenvalue weighted by atomic mass is 9.98. The Morgan fingerprint density at radius 1 is 1.32 bits per heavy atom. The fourth-order valence-electron chi connectivity index (χ4n) is 2.95. The van der Waals surface area contributed by atoms with Gasteiger partial charge in [-0.25, -0.2) is 4.39 Å². The summed E-state index contributed by atoms with van der Waals surface area (Å²) in [5, 5.41) is 4.10. The van der Waals surface area contributed by atoms with E-state index in [1.54, 1.807) is 35.0 Å². The predicted molar refractivity (Wildman–Crippen MR) is 67.7 cm³/mol. The highest BCUT2D eigenvalue weighted by atomic mass is 19.1. The Morgan fingerprint density at radius 3 is 2.74 bits per heavy atom. The molecule has 2 heterocycles. The van der Waals surface area contributed by atoms with Crippen LogP contribution in [-0.4, -0.2) is 15.7 Å². The second kappa shape index (κ2) is 3.23. The van der Waals surface area contributed by atoms with Crippen molar-refractivity contribution in [3.8, 4) is 0 Å². The second-order valence-corrected chi connectivity index (χ2v) is 5.20. The zero-order valence-corrected chi connectivity index (χ0v) is 10.4. The summed E-state index contributed by atoms with van der Waals surface area (Å²) in [7, 11) is 1.80. The largest absolute Gasteiger partial charge is 0.273 e. The summed E-state index contributed by atoms with van der Waals surface area (Å²) in [6.07, 6.45) is 3.26. The van der Waals surface area contributed by atoms with Crippen molar-refractivity contribution in [3.05, 3.63) is 41.8 Å². The molecule has 1 aromatic heterocycles. The van der Waals surface area contributed by atoms with Gasteiger partial charge in [-0.3, -0.25) is 14.4 Å². The zero-order valence-electron chi connectivity index (χ0n) is 10.4. The van der Waals surface area contributed by atoms with Gasteiger partial charge in [-0.2, -0.15) is 5.10 Å². The molecular formula is C14H12FN3O. The lowest BCUT2D eigenvalue weighted by Crippen LogP contribution is -2.29. The van der Waals surface area contributed by atoms with Crippen LogP contribution >= 0.6 is 0 Å². The minimum absolute atomic E-state index is 0.0386. The van der Waals surface area contributed by atoms with E-state index in [-0.39, 0.29) is 11.7 Å². The molecule has 1 saturated carbocycles. The minimum atomic E-state index is -0.484. The molecule has 1 fully saturated rings. The van der Waals surface area contributed by atoms with E-state index in [1.807, 2.05) is 0 Å². The van der Waals surface area contributed by atoms with Gasteiger partial charge in [-0.1, -0.05) is 0 Å². The molecule has 96 valence electrons. The number of halogens is 1. The maximum atomic E-state index is 13.5. The van der Waals surface area contributed by atoms with Crippen LogP contribution in [0.1, 0.15) is 18.4 Å². The van der Waals surface area contributed by atoms with Gasteiger partial charge in [-0.15, -0.1) is 0 Å². The molecule has 0 radical (unpaired) electrons. The average molecular weight is 257 g/mol. The molecule has 1 aromatic carbocycles. The van der Waals surface area contributed by atoms with E-state index in [0.29, 0.717) is 0 Å². The van der Waals surface area contributed by atoms with E-state index < -0.39 is 5.41 Å². The molecule has 0 atom stereocenters. The molecule has 5 heteroatoms. The van der Waals surface area contributed by atoms with E-state index in [2.05, 4.69) is 5.10 Å². The van der Waals surface area contributed by atoms with Crippen molar-refractivity contribution in [2.45, 2.75) is 18.3 Å². The maximum Gasteiger partial charge on any atom is 0.243 e. The number of aromatic nitrogens is 2. The summed E-state index contributed by atoms with van der Waals surface area (Å²) in [6.45, 7) is 0. The first-order valence-electron chi connectivity index (χ1n) is 6.26. The molecule has 0 N–H and O–H groups in total. The molecule has 1 aliphatic heterocycles. The molecule has 4 rings (SSSR count). The summed E-state index contributed by atoms with van der Waals surface area (Å²) in [5.41, 5.74) is 1.12. The molecule has 2 aromatic rings. The Bertz CT molecular complexity index is 702. The van der Waals surface area contributed by atoms with Crippen molar-refractivity contribution in [3.63, 3.8) is 0 Å². The summed E-state index contributed by atoms with van der Waals surface area (Å²) < 4.78 is 15.1. The van der Waals surface area contributed by atoms with Gasteiger partial charge in [0, 0.05) is 13.1 Å². The predicted octanol–water partition coefficient (Wildman–Crippen LogP) is 2.27. The Kier molecular flexibility index (Phi) is 1.82. The number of rotatable bonds is 1. The Balaban J connectivity index is 1.96. The van der Waals surface area contributed by atoms with Gasteiger partial charge in [-0.05, 0) is 36.6 Å². The van der Waals surface area contributed by atoms with Gasteiger partial charge in [0.25, 0.3) is 0 Å². The number of carbonyl (C=O) groups is 1. The number of carbonyl (C=O) groups excluding carboxylic acids is 1. The number of nitrogens with zero attached hydrogens (tertiary/aromatic N) is 3. The zero-order chi connectivity index (χ0) is 13.2. The van der Waals surface area contributed by atoms with Gasteiger partial charge in [0.05, 0.1) is 17.3 Å². The van der Waals surface area contributed by atoms with E-state index in [4.69, 9.17) is 0 Å². The summed E-state index contributed by atoms with van der Waals surface area (Å²) >= 11 is 0. The molecule has 4 nitrogen and oxygen atoms in total. The summed E-state index contributed by atoms with van der Waals surface area (Å²) in [5.74, 6) is 0.475. The fourth-order valence-corrected chi connectivity index (χ4v) is 2.95. The van der Waals surface area contributed by atoms with Crippen LogP contribution in [0.25, 0.3) is 0 Å². The third-order valence-corrected chi connectivity index (χ3v) is 4.10. The highest BCUT2D eigenvalue weighted by Gasteiger charge is 2.60. The fraction of sp³-hybridized carbons (Fsp3) is 0.286. The quantitative estimate of drug-likeness (QED) is 0.786. The molecule has 0 unspecified atom stereocenters. The molecule has 19 heavy (non-hydrogen) atoms. The summed E-state index contributed by atoms with van der Waals surface area (Å²) in [4.78, 5) is 14.3. The maximum absolute atomic E-state index is 13.5. The van der Waals surface area contributed by atoms with Crippen LogP contribution in [0.5, 0.6) is 0 Å². The number of hydrogen-bond acceptors (Lipinski definition) is 2. The topological polar surface area (TPSA) is 38.1 Å². The van der Waals surface area contributed by atoms with Crippen LogP contribution in [0, 0.1) is 5.82 Å². The van der Waals surface area contributed by atoms with Crippen LogP contribution < -0.4 is 4.90 Å². The van der Waals surface area contributed by atoms with E-state index in [0.717, 1.165) is 29.9 Å². The highest BCUT2D eigenvalue weighted by Crippen LogP contribution is 2.58. The van der Waals surface area contributed by atoms with Crippen LogP contribution in [0.4, 0.5) is 15.9 Å². The van der Waals surface area contributed by atoms with Crippen molar-refractivity contribution in [2.75, 3.05) is 4.90 Å². The highest BCUT2D eigenvalue weighted by molar-refractivity contribution is 6.14. The van der Waals surface area contributed by atoms with Gasteiger partial charge >= 0.3 is 0 Å². The number of benzene rings is 1. The molecule has 1 aliphatic carbocycles. The van der Waals surface area contributed by atoms with Crippen LogP contribution in [0.3, 0.4) is 0 Å². The van der Waals surface area contributed by atoms with E-state index >= 15 is 0 Å². The number of aryl methyl sites for hydroxylation is 1. The number of fused-ring (bicyclic) bond motifs is 2. The summed E-state index contributed by atoms with van der Waals surface area (Å²) in [6, 6.07) is 6.38. The first-order chi connectivity index (χ1) is 9.13. The Hall–Kier alpha value is -2.17. The SMILES string of the molecule is Cn1nccc1N1C(=O)C2(CC2)c2cc(F)ccc21. The average Bonchev–Trinajstić information content (AvgIpc) is 3.04. The normalized spacial score (nSPS) is 19.1. The van der Waals surface area contributed by atoms with E-state index in [9.17, 15) is 9.18 Å². The lowest BCUT2D eigenvalue weighted by Gasteiger charge is -2.17. The molecule has 1 amide bonds. The Morgan fingerprint density at radius 2 is 2.11 bits per heavy atom. The first-order valence-corrected chi connectivity index (χ1v) is 6.26.